The SMILES string of the molecule is Cc1nn(-c2ccccc2)c(C)c1CC(=O)NC(C)(CN)CC(C)C. The quantitative estimate of drug-likeness (QED) is 0.812. The first-order valence-corrected chi connectivity index (χ1v) is 8.87. The first-order chi connectivity index (χ1) is 11.8. The van der Waals surface area contributed by atoms with Crippen molar-refractivity contribution in [3.63, 3.8) is 0 Å². The Labute approximate surface area is 150 Å². The van der Waals surface area contributed by atoms with Crippen molar-refractivity contribution in [1.29, 1.82) is 0 Å². The minimum Gasteiger partial charge on any atom is -0.349 e. The van der Waals surface area contributed by atoms with Crippen molar-refractivity contribution in [1.82, 2.24) is 15.1 Å². The van der Waals surface area contributed by atoms with Gasteiger partial charge in [-0.25, -0.2) is 4.68 Å². The topological polar surface area (TPSA) is 72.9 Å². The first kappa shape index (κ1) is 19.2. The number of benzene rings is 1. The van der Waals surface area contributed by atoms with Gasteiger partial charge in [-0.3, -0.25) is 4.79 Å². The average Bonchev–Trinajstić information content (AvgIpc) is 2.83. The van der Waals surface area contributed by atoms with E-state index in [9.17, 15) is 4.79 Å². The number of rotatable bonds is 7. The molecule has 1 heterocycles. The molecule has 0 saturated carbocycles. The molecule has 2 rings (SSSR count). The van der Waals surface area contributed by atoms with E-state index in [1.54, 1.807) is 0 Å². The second-order valence-electron chi connectivity index (χ2n) is 7.48. The maximum absolute atomic E-state index is 12.6. The van der Waals surface area contributed by atoms with Gasteiger partial charge in [-0.15, -0.1) is 0 Å². The average molecular weight is 342 g/mol. The van der Waals surface area contributed by atoms with Crippen molar-refractivity contribution < 1.29 is 4.79 Å². The van der Waals surface area contributed by atoms with Crippen LogP contribution in [0.1, 0.15) is 44.1 Å². The fourth-order valence-electron chi connectivity index (χ4n) is 3.38. The largest absolute Gasteiger partial charge is 0.349 e. The predicted octanol–water partition coefficient (Wildman–Crippen LogP) is 2.91. The molecule has 0 aliphatic carbocycles. The Morgan fingerprint density at radius 3 is 2.48 bits per heavy atom. The second kappa shape index (κ2) is 7.83. The van der Waals surface area contributed by atoms with Gasteiger partial charge in [0.05, 0.1) is 17.8 Å². The molecule has 5 heteroatoms. The van der Waals surface area contributed by atoms with E-state index in [4.69, 9.17) is 5.73 Å². The molecule has 0 radical (unpaired) electrons. The van der Waals surface area contributed by atoms with Crippen LogP contribution in [0.4, 0.5) is 0 Å². The molecule has 25 heavy (non-hydrogen) atoms. The lowest BCUT2D eigenvalue weighted by molar-refractivity contribution is -0.122. The Morgan fingerprint density at radius 2 is 1.92 bits per heavy atom. The molecule has 1 aromatic carbocycles. The number of amides is 1. The van der Waals surface area contributed by atoms with Crippen LogP contribution >= 0.6 is 0 Å². The van der Waals surface area contributed by atoms with Gasteiger partial charge in [-0.1, -0.05) is 32.0 Å². The van der Waals surface area contributed by atoms with Crippen LogP contribution in [-0.4, -0.2) is 27.8 Å². The zero-order valence-electron chi connectivity index (χ0n) is 16.0. The van der Waals surface area contributed by atoms with Gasteiger partial charge in [-0.2, -0.15) is 5.10 Å². The molecule has 1 aromatic heterocycles. The number of aromatic nitrogens is 2. The highest BCUT2D eigenvalue weighted by Crippen LogP contribution is 2.20. The van der Waals surface area contributed by atoms with Crippen molar-refractivity contribution in [2.75, 3.05) is 6.54 Å². The summed E-state index contributed by atoms with van der Waals surface area (Å²) >= 11 is 0. The second-order valence-corrected chi connectivity index (χ2v) is 7.48. The molecule has 0 spiro atoms. The number of hydrogen-bond donors (Lipinski definition) is 2. The van der Waals surface area contributed by atoms with Crippen molar-refractivity contribution >= 4 is 5.91 Å². The van der Waals surface area contributed by atoms with Gasteiger partial charge in [-0.05, 0) is 45.2 Å². The summed E-state index contributed by atoms with van der Waals surface area (Å²) in [4.78, 5) is 12.6. The molecule has 5 nitrogen and oxygen atoms in total. The fraction of sp³-hybridized carbons (Fsp3) is 0.500. The van der Waals surface area contributed by atoms with Crippen LogP contribution in [0.5, 0.6) is 0 Å². The van der Waals surface area contributed by atoms with E-state index < -0.39 is 0 Å². The summed E-state index contributed by atoms with van der Waals surface area (Å²) in [5.74, 6) is 0.463. The van der Waals surface area contributed by atoms with E-state index in [1.807, 2.05) is 55.8 Å². The van der Waals surface area contributed by atoms with Crippen LogP contribution in [0.25, 0.3) is 5.69 Å². The number of nitrogens with two attached hydrogens (primary N) is 1. The summed E-state index contributed by atoms with van der Waals surface area (Å²) in [5, 5.41) is 7.74. The zero-order chi connectivity index (χ0) is 18.6. The van der Waals surface area contributed by atoms with Gasteiger partial charge in [0, 0.05) is 23.3 Å². The standard InChI is InChI=1S/C20H30N4O/c1-14(2)12-20(5,13-21)22-19(25)11-18-15(3)23-24(16(18)4)17-9-7-6-8-10-17/h6-10,14H,11-13,21H2,1-5H3,(H,22,25). The van der Waals surface area contributed by atoms with E-state index in [-0.39, 0.29) is 11.4 Å². The molecular weight excluding hydrogens is 312 g/mol. The van der Waals surface area contributed by atoms with Crippen LogP contribution in [0, 0.1) is 19.8 Å². The highest BCUT2D eigenvalue weighted by molar-refractivity contribution is 5.80. The third kappa shape index (κ3) is 4.69. The monoisotopic (exact) mass is 342 g/mol. The minimum atomic E-state index is -0.373. The van der Waals surface area contributed by atoms with Gasteiger partial charge >= 0.3 is 0 Å². The van der Waals surface area contributed by atoms with Crippen molar-refractivity contribution in [3.8, 4) is 5.69 Å². The maximum Gasteiger partial charge on any atom is 0.225 e. The van der Waals surface area contributed by atoms with E-state index in [0.29, 0.717) is 18.9 Å². The molecule has 0 aliphatic heterocycles. The number of carbonyl (C=O) groups is 1. The highest BCUT2D eigenvalue weighted by atomic mass is 16.1. The third-order valence-corrected chi connectivity index (χ3v) is 4.53. The Bertz CT molecular complexity index is 721. The van der Waals surface area contributed by atoms with Crippen LogP contribution < -0.4 is 11.1 Å². The van der Waals surface area contributed by atoms with E-state index in [0.717, 1.165) is 29.1 Å². The van der Waals surface area contributed by atoms with Gasteiger partial charge < -0.3 is 11.1 Å². The number of para-hydroxylation sites is 1. The number of nitrogens with zero attached hydrogens (tertiary/aromatic N) is 2. The van der Waals surface area contributed by atoms with Crippen LogP contribution in [0.3, 0.4) is 0 Å². The Hall–Kier alpha value is -2.14. The number of aryl methyl sites for hydroxylation is 1. The van der Waals surface area contributed by atoms with Crippen molar-refractivity contribution in [2.45, 2.75) is 53.0 Å². The lowest BCUT2D eigenvalue weighted by Gasteiger charge is -2.31. The summed E-state index contributed by atoms with van der Waals surface area (Å²) < 4.78 is 1.90. The molecule has 0 saturated heterocycles. The Morgan fingerprint density at radius 1 is 1.28 bits per heavy atom. The van der Waals surface area contributed by atoms with E-state index in [1.165, 1.54) is 0 Å². The van der Waals surface area contributed by atoms with Gasteiger partial charge in [0.1, 0.15) is 0 Å². The molecule has 0 fully saturated rings. The lowest BCUT2D eigenvalue weighted by Crippen LogP contribution is -2.52. The summed E-state index contributed by atoms with van der Waals surface area (Å²) in [6.07, 6.45) is 1.18. The van der Waals surface area contributed by atoms with Crippen molar-refractivity contribution in [2.24, 2.45) is 11.7 Å². The molecule has 1 atom stereocenters. The smallest absolute Gasteiger partial charge is 0.225 e. The fourth-order valence-corrected chi connectivity index (χ4v) is 3.38. The minimum absolute atomic E-state index is 0.00703. The maximum atomic E-state index is 12.6. The van der Waals surface area contributed by atoms with Crippen molar-refractivity contribution in [3.05, 3.63) is 47.3 Å². The molecule has 3 N–H and O–H groups in total. The van der Waals surface area contributed by atoms with Gasteiger partial charge in [0.2, 0.25) is 5.91 Å². The number of hydrogen-bond acceptors (Lipinski definition) is 3. The molecule has 2 aromatic rings. The van der Waals surface area contributed by atoms with Crippen LogP contribution in [-0.2, 0) is 11.2 Å². The summed E-state index contributed by atoms with van der Waals surface area (Å²) in [7, 11) is 0. The lowest BCUT2D eigenvalue weighted by atomic mass is 9.90. The Kier molecular flexibility index (Phi) is 6.01. The summed E-state index contributed by atoms with van der Waals surface area (Å²) in [6, 6.07) is 9.97. The third-order valence-electron chi connectivity index (χ3n) is 4.53. The molecular formula is C20H30N4O. The normalized spacial score (nSPS) is 13.7. The van der Waals surface area contributed by atoms with Gasteiger partial charge in [0.25, 0.3) is 0 Å². The molecule has 0 aliphatic rings. The molecule has 1 unspecified atom stereocenters. The Balaban J connectivity index is 2.18. The van der Waals surface area contributed by atoms with Crippen LogP contribution in [0.15, 0.2) is 30.3 Å². The first-order valence-electron chi connectivity index (χ1n) is 8.87. The number of carbonyl (C=O) groups excluding carboxylic acids is 1. The van der Waals surface area contributed by atoms with Gasteiger partial charge in [0.15, 0.2) is 0 Å². The van der Waals surface area contributed by atoms with E-state index >= 15 is 0 Å². The molecule has 1 amide bonds. The van der Waals surface area contributed by atoms with Crippen LogP contribution in [0.2, 0.25) is 0 Å². The zero-order valence-corrected chi connectivity index (χ0v) is 16.0. The predicted molar refractivity (Wildman–Crippen MR) is 102 cm³/mol. The number of nitrogens with one attached hydrogen (secondary N) is 1. The summed E-state index contributed by atoms with van der Waals surface area (Å²) in [6.45, 7) is 10.7. The molecule has 136 valence electrons. The summed E-state index contributed by atoms with van der Waals surface area (Å²) in [5.41, 5.74) is 9.39. The van der Waals surface area contributed by atoms with E-state index in [2.05, 4.69) is 24.3 Å². The molecule has 0 bridgehead atoms. The highest BCUT2D eigenvalue weighted by Gasteiger charge is 2.26.